The van der Waals surface area contributed by atoms with Crippen molar-refractivity contribution in [1.82, 2.24) is 4.90 Å². The summed E-state index contributed by atoms with van der Waals surface area (Å²) in [7, 11) is 0. The lowest BCUT2D eigenvalue weighted by atomic mass is 9.95. The quantitative estimate of drug-likeness (QED) is 0.792. The van der Waals surface area contributed by atoms with Crippen molar-refractivity contribution in [2.45, 2.75) is 19.4 Å². The van der Waals surface area contributed by atoms with Gasteiger partial charge < -0.3 is 10.2 Å². The van der Waals surface area contributed by atoms with Crippen LogP contribution in [0.5, 0.6) is 5.75 Å². The van der Waals surface area contributed by atoms with Gasteiger partial charge >= 0.3 is 0 Å². The summed E-state index contributed by atoms with van der Waals surface area (Å²) in [5.41, 5.74) is 0.598. The van der Waals surface area contributed by atoms with E-state index in [1.54, 1.807) is 12.1 Å². The van der Waals surface area contributed by atoms with Crippen LogP contribution in [-0.2, 0) is 0 Å². The lowest BCUT2D eigenvalue weighted by molar-refractivity contribution is 0.0295. The van der Waals surface area contributed by atoms with E-state index in [1.165, 1.54) is 12.1 Å². The van der Waals surface area contributed by atoms with E-state index in [0.717, 1.165) is 13.0 Å². The van der Waals surface area contributed by atoms with Crippen molar-refractivity contribution in [1.29, 1.82) is 0 Å². The second-order valence-electron chi connectivity index (χ2n) is 5.04. The highest BCUT2D eigenvalue weighted by Gasteiger charge is 2.25. The third kappa shape index (κ3) is 3.09. The Morgan fingerprint density at radius 1 is 1.39 bits per heavy atom. The Kier molecular flexibility index (Phi) is 3.99. The van der Waals surface area contributed by atoms with Crippen molar-refractivity contribution >= 4 is 5.78 Å². The average molecular weight is 249 g/mol. The van der Waals surface area contributed by atoms with Crippen LogP contribution in [-0.4, -0.2) is 46.6 Å². The van der Waals surface area contributed by atoms with Gasteiger partial charge in [-0.25, -0.2) is 0 Å². The molecule has 4 heteroatoms. The van der Waals surface area contributed by atoms with Crippen LogP contribution >= 0.6 is 0 Å². The summed E-state index contributed by atoms with van der Waals surface area (Å²) >= 11 is 0. The molecule has 18 heavy (non-hydrogen) atoms. The number of piperidine rings is 1. The molecular formula is C14H19NO3. The molecule has 2 rings (SSSR count). The molecule has 4 nitrogen and oxygen atoms in total. The molecule has 0 aliphatic carbocycles. The van der Waals surface area contributed by atoms with E-state index in [9.17, 15) is 9.90 Å². The topological polar surface area (TPSA) is 60.8 Å². The molecular weight excluding hydrogens is 230 g/mol. The normalized spacial score (nSPS) is 25.0. The lowest BCUT2D eigenvalue weighted by Gasteiger charge is -2.33. The average Bonchev–Trinajstić information content (AvgIpc) is 2.34. The van der Waals surface area contributed by atoms with Crippen molar-refractivity contribution in [3.05, 3.63) is 29.8 Å². The number of hydrogen-bond acceptors (Lipinski definition) is 4. The Balaban J connectivity index is 1.93. The van der Waals surface area contributed by atoms with E-state index >= 15 is 0 Å². The molecule has 1 aromatic carbocycles. The Morgan fingerprint density at radius 2 is 2.06 bits per heavy atom. The molecule has 1 aliphatic heterocycles. The molecule has 98 valence electrons. The maximum absolute atomic E-state index is 12.0. The molecule has 1 aromatic rings. The van der Waals surface area contributed by atoms with E-state index in [-0.39, 0.29) is 17.6 Å². The first kappa shape index (κ1) is 13.1. The minimum Gasteiger partial charge on any atom is -0.508 e. The molecule has 1 fully saturated rings. The van der Waals surface area contributed by atoms with Crippen molar-refractivity contribution in [2.75, 3.05) is 19.6 Å². The summed E-state index contributed by atoms with van der Waals surface area (Å²) < 4.78 is 0. The van der Waals surface area contributed by atoms with Gasteiger partial charge in [0.15, 0.2) is 5.78 Å². The first-order valence-electron chi connectivity index (χ1n) is 6.29. The van der Waals surface area contributed by atoms with Crippen molar-refractivity contribution in [2.24, 2.45) is 5.92 Å². The Bertz CT molecular complexity index is 416. The van der Waals surface area contributed by atoms with Gasteiger partial charge in [0, 0.05) is 12.1 Å². The summed E-state index contributed by atoms with van der Waals surface area (Å²) in [6.07, 6.45) is 0.579. The summed E-state index contributed by atoms with van der Waals surface area (Å²) in [6.45, 7) is 3.77. The SMILES string of the molecule is CC1CCN(CC(=O)c2ccc(O)cc2)CC1O. The predicted molar refractivity (Wildman–Crippen MR) is 68.7 cm³/mol. The summed E-state index contributed by atoms with van der Waals surface area (Å²) in [4.78, 5) is 14.0. The molecule has 0 saturated carbocycles. The van der Waals surface area contributed by atoms with Gasteiger partial charge in [0.05, 0.1) is 12.6 Å². The van der Waals surface area contributed by atoms with Gasteiger partial charge in [0.2, 0.25) is 0 Å². The van der Waals surface area contributed by atoms with Gasteiger partial charge in [0.25, 0.3) is 0 Å². The van der Waals surface area contributed by atoms with Gasteiger partial charge in [-0.15, -0.1) is 0 Å². The van der Waals surface area contributed by atoms with E-state index in [1.807, 2.05) is 11.8 Å². The van der Waals surface area contributed by atoms with E-state index < -0.39 is 0 Å². The monoisotopic (exact) mass is 249 g/mol. The fourth-order valence-electron chi connectivity index (χ4n) is 2.20. The lowest BCUT2D eigenvalue weighted by Crippen LogP contribution is -2.44. The molecule has 0 spiro atoms. The zero-order valence-corrected chi connectivity index (χ0v) is 10.5. The van der Waals surface area contributed by atoms with Crippen LogP contribution in [0.1, 0.15) is 23.7 Å². The number of benzene rings is 1. The number of rotatable bonds is 3. The minimum absolute atomic E-state index is 0.0248. The highest BCUT2D eigenvalue weighted by molar-refractivity contribution is 5.97. The summed E-state index contributed by atoms with van der Waals surface area (Å²) in [6, 6.07) is 6.28. The molecule has 1 heterocycles. The zero-order valence-electron chi connectivity index (χ0n) is 10.5. The second kappa shape index (κ2) is 5.50. The maximum atomic E-state index is 12.0. The molecule has 0 aromatic heterocycles. The molecule has 0 radical (unpaired) electrons. The number of hydrogen-bond donors (Lipinski definition) is 2. The Hall–Kier alpha value is -1.39. The van der Waals surface area contributed by atoms with Crippen LogP contribution in [0.4, 0.5) is 0 Å². The highest BCUT2D eigenvalue weighted by Crippen LogP contribution is 2.17. The van der Waals surface area contributed by atoms with Gasteiger partial charge in [-0.1, -0.05) is 6.92 Å². The number of Topliss-reactive ketones (excluding diaryl/α,β-unsaturated/α-hetero) is 1. The molecule has 2 N–H and O–H groups in total. The highest BCUT2D eigenvalue weighted by atomic mass is 16.3. The fraction of sp³-hybridized carbons (Fsp3) is 0.500. The molecule has 1 saturated heterocycles. The summed E-state index contributed by atoms with van der Waals surface area (Å²) in [5, 5.41) is 19.0. The van der Waals surface area contributed by atoms with Crippen molar-refractivity contribution in [3.8, 4) is 5.75 Å². The number of phenolic OH excluding ortho intramolecular Hbond substituents is 1. The number of β-amino-alcohol motifs (C(OH)–C–C–N with tert-alkyl or cyclic N) is 1. The first-order chi connectivity index (χ1) is 8.56. The maximum Gasteiger partial charge on any atom is 0.176 e. The van der Waals surface area contributed by atoms with Crippen molar-refractivity contribution in [3.63, 3.8) is 0 Å². The minimum atomic E-state index is -0.341. The van der Waals surface area contributed by atoms with Crippen LogP contribution in [0, 0.1) is 5.92 Å². The van der Waals surface area contributed by atoms with Crippen LogP contribution in [0.2, 0.25) is 0 Å². The molecule has 2 unspecified atom stereocenters. The smallest absolute Gasteiger partial charge is 0.176 e. The predicted octanol–water partition coefficient (Wildman–Crippen LogP) is 1.28. The first-order valence-corrected chi connectivity index (χ1v) is 6.29. The number of aromatic hydroxyl groups is 1. The van der Waals surface area contributed by atoms with Crippen LogP contribution in [0.15, 0.2) is 24.3 Å². The van der Waals surface area contributed by atoms with Crippen LogP contribution < -0.4 is 0 Å². The number of carbonyl (C=O) groups excluding carboxylic acids is 1. The molecule has 1 aliphatic rings. The fourth-order valence-corrected chi connectivity index (χ4v) is 2.20. The summed E-state index contributed by atoms with van der Waals surface area (Å²) in [5.74, 6) is 0.496. The Morgan fingerprint density at radius 3 is 2.67 bits per heavy atom. The Labute approximate surface area is 107 Å². The third-order valence-electron chi connectivity index (χ3n) is 3.56. The van der Waals surface area contributed by atoms with Crippen molar-refractivity contribution < 1.29 is 15.0 Å². The molecule has 0 amide bonds. The van der Waals surface area contributed by atoms with Crippen LogP contribution in [0.3, 0.4) is 0 Å². The largest absolute Gasteiger partial charge is 0.508 e. The second-order valence-corrected chi connectivity index (χ2v) is 5.04. The number of aliphatic hydroxyl groups is 1. The van der Waals surface area contributed by atoms with E-state index in [4.69, 9.17) is 5.11 Å². The number of phenols is 1. The van der Waals surface area contributed by atoms with Gasteiger partial charge in [-0.2, -0.15) is 0 Å². The number of nitrogens with zero attached hydrogens (tertiary/aromatic N) is 1. The van der Waals surface area contributed by atoms with E-state index in [0.29, 0.717) is 24.6 Å². The number of carbonyl (C=O) groups is 1. The zero-order chi connectivity index (χ0) is 13.1. The van der Waals surface area contributed by atoms with Crippen LogP contribution in [0.25, 0.3) is 0 Å². The van der Waals surface area contributed by atoms with Gasteiger partial charge in [-0.3, -0.25) is 9.69 Å². The molecule has 2 atom stereocenters. The standard InChI is InChI=1S/C14H19NO3/c1-10-6-7-15(8-13(10)17)9-14(18)11-2-4-12(16)5-3-11/h2-5,10,13,16-17H,6-9H2,1H3. The third-order valence-corrected chi connectivity index (χ3v) is 3.56. The number of aliphatic hydroxyl groups excluding tert-OH is 1. The van der Waals surface area contributed by atoms with Gasteiger partial charge in [-0.05, 0) is 43.1 Å². The number of likely N-dealkylation sites (tertiary alicyclic amines) is 1. The van der Waals surface area contributed by atoms with E-state index in [2.05, 4.69) is 0 Å². The van der Waals surface area contributed by atoms with Gasteiger partial charge in [0.1, 0.15) is 5.75 Å². The molecule has 0 bridgehead atoms. The number of ketones is 1.